The van der Waals surface area contributed by atoms with Crippen LogP contribution >= 0.6 is 11.3 Å². The quantitative estimate of drug-likeness (QED) is 0.757. The summed E-state index contributed by atoms with van der Waals surface area (Å²) in [5.41, 5.74) is -0.705. The number of aromatic nitrogens is 3. The molecule has 7 nitrogen and oxygen atoms in total. The molecule has 0 unspecified atom stereocenters. The van der Waals surface area contributed by atoms with Crippen molar-refractivity contribution >= 4 is 27.3 Å². The summed E-state index contributed by atoms with van der Waals surface area (Å²) >= 11 is 1.05. The van der Waals surface area contributed by atoms with Gasteiger partial charge in [0.1, 0.15) is 0 Å². The van der Waals surface area contributed by atoms with E-state index >= 15 is 0 Å². The lowest BCUT2D eigenvalue weighted by atomic mass is 10.1. The van der Waals surface area contributed by atoms with Crippen LogP contribution in [0.4, 0.5) is 19.1 Å². The van der Waals surface area contributed by atoms with Gasteiger partial charge in [0.05, 0.1) is 21.8 Å². The SMILES string of the molecule is CS(=O)(=O)N1CCC(Nc2nccc(-c3sc(C4CC4)nc3C(F)(F)F)n2)CC1. The van der Waals surface area contributed by atoms with Crippen LogP contribution in [0.2, 0.25) is 0 Å². The third-order valence-corrected chi connectivity index (χ3v) is 7.53. The first-order valence-electron chi connectivity index (χ1n) is 9.24. The van der Waals surface area contributed by atoms with Crippen LogP contribution in [-0.2, 0) is 16.2 Å². The zero-order valence-corrected chi connectivity index (χ0v) is 17.2. The highest BCUT2D eigenvalue weighted by Gasteiger charge is 2.40. The van der Waals surface area contributed by atoms with Crippen LogP contribution < -0.4 is 5.32 Å². The van der Waals surface area contributed by atoms with Crippen molar-refractivity contribution in [3.8, 4) is 10.6 Å². The molecular weight excluding hydrogens is 427 g/mol. The zero-order valence-electron chi connectivity index (χ0n) is 15.6. The van der Waals surface area contributed by atoms with E-state index in [2.05, 4.69) is 20.3 Å². The minimum atomic E-state index is -4.55. The van der Waals surface area contributed by atoms with Gasteiger partial charge in [0.15, 0.2) is 5.69 Å². The van der Waals surface area contributed by atoms with E-state index in [1.54, 1.807) is 0 Å². The van der Waals surface area contributed by atoms with Gasteiger partial charge >= 0.3 is 6.18 Å². The van der Waals surface area contributed by atoms with E-state index in [1.807, 2.05) is 0 Å². The first kappa shape index (κ1) is 20.5. The smallest absolute Gasteiger partial charge is 0.351 e. The average molecular weight is 448 g/mol. The van der Waals surface area contributed by atoms with E-state index in [1.165, 1.54) is 22.8 Å². The molecule has 2 aromatic heterocycles. The number of anilines is 1. The normalized spacial score (nSPS) is 19.4. The average Bonchev–Trinajstić information content (AvgIpc) is 3.38. The number of nitrogens with one attached hydrogen (secondary N) is 1. The molecule has 29 heavy (non-hydrogen) atoms. The Hall–Kier alpha value is -1.79. The minimum Gasteiger partial charge on any atom is -0.351 e. The second kappa shape index (κ2) is 7.47. The summed E-state index contributed by atoms with van der Waals surface area (Å²) in [4.78, 5) is 12.3. The first-order valence-corrected chi connectivity index (χ1v) is 11.9. The monoisotopic (exact) mass is 447 g/mol. The number of piperidine rings is 1. The van der Waals surface area contributed by atoms with Gasteiger partial charge in [-0.25, -0.2) is 27.7 Å². The molecule has 1 saturated heterocycles. The summed E-state index contributed by atoms with van der Waals surface area (Å²) in [7, 11) is -3.22. The fourth-order valence-corrected chi connectivity index (χ4v) is 5.38. The molecule has 0 bridgehead atoms. The second-order valence-electron chi connectivity index (χ2n) is 7.35. The van der Waals surface area contributed by atoms with E-state index < -0.39 is 21.9 Å². The van der Waals surface area contributed by atoms with Crippen LogP contribution in [0.3, 0.4) is 0 Å². The van der Waals surface area contributed by atoms with Crippen LogP contribution in [0.1, 0.15) is 42.3 Å². The van der Waals surface area contributed by atoms with E-state index in [0.717, 1.165) is 24.2 Å². The lowest BCUT2D eigenvalue weighted by Crippen LogP contribution is -2.42. The molecule has 1 aliphatic heterocycles. The Balaban J connectivity index is 1.53. The summed E-state index contributed by atoms with van der Waals surface area (Å²) in [6.45, 7) is 0.766. The maximum Gasteiger partial charge on any atom is 0.434 e. The number of thiazole rings is 1. The van der Waals surface area contributed by atoms with Crippen molar-refractivity contribution in [2.24, 2.45) is 0 Å². The van der Waals surface area contributed by atoms with Crippen LogP contribution in [0, 0.1) is 0 Å². The molecule has 0 amide bonds. The van der Waals surface area contributed by atoms with Gasteiger partial charge < -0.3 is 5.32 Å². The summed E-state index contributed by atoms with van der Waals surface area (Å²) < 4.78 is 65.0. The molecule has 3 heterocycles. The molecule has 0 radical (unpaired) electrons. The molecule has 12 heteroatoms. The van der Waals surface area contributed by atoms with Gasteiger partial charge in [-0.15, -0.1) is 11.3 Å². The number of hydrogen-bond acceptors (Lipinski definition) is 7. The molecule has 0 spiro atoms. The van der Waals surface area contributed by atoms with E-state index in [9.17, 15) is 21.6 Å². The first-order chi connectivity index (χ1) is 13.6. The van der Waals surface area contributed by atoms with Crippen molar-refractivity contribution in [2.45, 2.75) is 43.8 Å². The molecule has 4 rings (SSSR count). The van der Waals surface area contributed by atoms with Crippen LogP contribution in [-0.4, -0.2) is 53.1 Å². The second-order valence-corrected chi connectivity index (χ2v) is 10.4. The Bertz CT molecular complexity index is 997. The van der Waals surface area contributed by atoms with Crippen molar-refractivity contribution in [1.29, 1.82) is 0 Å². The Labute approximate surface area is 170 Å². The van der Waals surface area contributed by atoms with Crippen molar-refractivity contribution in [1.82, 2.24) is 19.3 Å². The molecule has 2 aromatic rings. The Morgan fingerprint density at radius 1 is 1.17 bits per heavy atom. The Kier molecular flexibility index (Phi) is 5.28. The van der Waals surface area contributed by atoms with Crippen LogP contribution in [0.15, 0.2) is 12.3 Å². The number of hydrogen-bond donors (Lipinski definition) is 1. The number of nitrogens with zero attached hydrogens (tertiary/aromatic N) is 4. The Morgan fingerprint density at radius 3 is 2.45 bits per heavy atom. The van der Waals surface area contributed by atoms with Crippen molar-refractivity contribution < 1.29 is 21.6 Å². The summed E-state index contributed by atoms with van der Waals surface area (Å²) in [5.74, 6) is 0.351. The molecule has 2 aliphatic rings. The fraction of sp³-hybridized carbons (Fsp3) is 0.588. The number of sulfonamides is 1. The van der Waals surface area contributed by atoms with Gasteiger partial charge in [-0.3, -0.25) is 0 Å². The number of halogens is 3. The largest absolute Gasteiger partial charge is 0.434 e. The molecule has 0 atom stereocenters. The van der Waals surface area contributed by atoms with Gasteiger partial charge in [0, 0.05) is 31.2 Å². The standard InChI is InChI=1S/C17H20F3N5O2S2/c1-29(26,27)25-8-5-11(6-9-25)22-16-21-7-4-12(23-16)13-14(17(18,19)20)24-15(28-13)10-2-3-10/h4,7,10-11H,2-3,5-6,8-9H2,1H3,(H,21,22,23). The number of alkyl halides is 3. The lowest BCUT2D eigenvalue weighted by molar-refractivity contribution is -0.140. The van der Waals surface area contributed by atoms with E-state index in [4.69, 9.17) is 0 Å². The fourth-order valence-electron chi connectivity index (χ4n) is 3.28. The highest BCUT2D eigenvalue weighted by molar-refractivity contribution is 7.88. The third-order valence-electron chi connectivity index (χ3n) is 4.98. The van der Waals surface area contributed by atoms with Crippen LogP contribution in [0.5, 0.6) is 0 Å². The van der Waals surface area contributed by atoms with Crippen molar-refractivity contribution in [3.63, 3.8) is 0 Å². The highest BCUT2D eigenvalue weighted by Crippen LogP contribution is 2.47. The van der Waals surface area contributed by atoms with Crippen LogP contribution in [0.25, 0.3) is 10.6 Å². The summed E-state index contributed by atoms with van der Waals surface area (Å²) in [6, 6.07) is 1.41. The highest BCUT2D eigenvalue weighted by atomic mass is 32.2. The molecule has 1 aliphatic carbocycles. The topological polar surface area (TPSA) is 88.1 Å². The van der Waals surface area contributed by atoms with Gasteiger partial charge in [0.2, 0.25) is 16.0 Å². The molecule has 2 fully saturated rings. The molecular formula is C17H20F3N5O2S2. The maximum absolute atomic E-state index is 13.5. The number of rotatable bonds is 5. The zero-order chi connectivity index (χ0) is 20.8. The lowest BCUT2D eigenvalue weighted by Gasteiger charge is -2.30. The van der Waals surface area contributed by atoms with Gasteiger partial charge in [0.25, 0.3) is 0 Å². The minimum absolute atomic E-state index is 0.0109. The molecule has 1 N–H and O–H groups in total. The van der Waals surface area contributed by atoms with Crippen molar-refractivity contribution in [3.05, 3.63) is 23.0 Å². The van der Waals surface area contributed by atoms with E-state index in [-0.39, 0.29) is 28.5 Å². The van der Waals surface area contributed by atoms with Gasteiger partial charge in [-0.1, -0.05) is 0 Å². The van der Waals surface area contributed by atoms with Gasteiger partial charge in [-0.05, 0) is 31.7 Å². The predicted octanol–water partition coefficient (Wildman–Crippen LogP) is 3.33. The molecule has 158 valence electrons. The molecule has 1 saturated carbocycles. The molecule has 0 aromatic carbocycles. The Morgan fingerprint density at radius 2 is 1.86 bits per heavy atom. The summed E-state index contributed by atoms with van der Waals surface area (Å²) in [5, 5.41) is 3.63. The maximum atomic E-state index is 13.5. The van der Waals surface area contributed by atoms with Gasteiger partial charge in [-0.2, -0.15) is 13.2 Å². The third kappa shape index (κ3) is 4.69. The summed E-state index contributed by atoms with van der Waals surface area (Å²) in [6.07, 6.45) is 0.932. The van der Waals surface area contributed by atoms with Crippen molar-refractivity contribution in [2.75, 3.05) is 24.7 Å². The van der Waals surface area contributed by atoms with E-state index in [0.29, 0.717) is 30.9 Å². The predicted molar refractivity (Wildman–Crippen MR) is 103 cm³/mol.